The van der Waals surface area contributed by atoms with Crippen LogP contribution >= 0.6 is 0 Å². The number of fused-ring (bicyclic) bond motifs is 1. The summed E-state index contributed by atoms with van der Waals surface area (Å²) in [6.45, 7) is 3.24. The van der Waals surface area contributed by atoms with Crippen LogP contribution in [0.3, 0.4) is 0 Å². The standard InChI is InChI=1S/C16H20N2O/c19-16-8-2-5-13-14(16)6-1-7-15(13)18-11-12-4-3-9-17-10-12/h1-2,5-8,12,17-19H,3-4,9-11H2. The zero-order valence-corrected chi connectivity index (χ0v) is 11.0. The summed E-state index contributed by atoms with van der Waals surface area (Å²) in [7, 11) is 0. The van der Waals surface area contributed by atoms with Gasteiger partial charge < -0.3 is 15.7 Å². The Morgan fingerprint density at radius 3 is 2.84 bits per heavy atom. The minimum absolute atomic E-state index is 0.348. The molecule has 100 valence electrons. The lowest BCUT2D eigenvalue weighted by molar-refractivity contribution is 0.393. The maximum atomic E-state index is 9.87. The SMILES string of the molecule is Oc1cccc2c(NCC3CCCNC3)cccc12. The van der Waals surface area contributed by atoms with Crippen LogP contribution in [-0.4, -0.2) is 24.7 Å². The summed E-state index contributed by atoms with van der Waals surface area (Å²) in [4.78, 5) is 0. The highest BCUT2D eigenvalue weighted by atomic mass is 16.3. The van der Waals surface area contributed by atoms with Gasteiger partial charge in [0.2, 0.25) is 0 Å². The molecular weight excluding hydrogens is 236 g/mol. The number of anilines is 1. The van der Waals surface area contributed by atoms with Crippen LogP contribution in [0.1, 0.15) is 12.8 Å². The maximum absolute atomic E-state index is 9.87. The van der Waals surface area contributed by atoms with Crippen LogP contribution in [0.5, 0.6) is 5.75 Å². The van der Waals surface area contributed by atoms with E-state index in [2.05, 4.69) is 22.8 Å². The molecule has 3 N–H and O–H groups in total. The Morgan fingerprint density at radius 2 is 2.00 bits per heavy atom. The molecule has 0 spiro atoms. The van der Waals surface area contributed by atoms with Crippen molar-refractivity contribution in [2.75, 3.05) is 25.0 Å². The Hall–Kier alpha value is -1.74. The molecule has 1 atom stereocenters. The molecule has 1 saturated heterocycles. The zero-order chi connectivity index (χ0) is 13.1. The predicted octanol–water partition coefficient (Wildman–Crippen LogP) is 2.96. The number of piperidine rings is 1. The van der Waals surface area contributed by atoms with Gasteiger partial charge >= 0.3 is 0 Å². The quantitative estimate of drug-likeness (QED) is 0.791. The number of aromatic hydroxyl groups is 1. The summed E-state index contributed by atoms with van der Waals surface area (Å²) >= 11 is 0. The molecule has 0 aromatic heterocycles. The van der Waals surface area contributed by atoms with E-state index in [1.54, 1.807) is 6.07 Å². The third kappa shape index (κ3) is 2.66. The largest absolute Gasteiger partial charge is 0.507 e. The fourth-order valence-electron chi connectivity index (χ4n) is 2.80. The highest BCUT2D eigenvalue weighted by Crippen LogP contribution is 2.30. The Morgan fingerprint density at radius 1 is 1.16 bits per heavy atom. The minimum Gasteiger partial charge on any atom is -0.507 e. The van der Waals surface area contributed by atoms with Gasteiger partial charge in [-0.05, 0) is 44.0 Å². The smallest absolute Gasteiger partial charge is 0.123 e. The van der Waals surface area contributed by atoms with E-state index in [0.29, 0.717) is 11.7 Å². The van der Waals surface area contributed by atoms with E-state index in [4.69, 9.17) is 0 Å². The van der Waals surface area contributed by atoms with Crippen molar-refractivity contribution in [1.82, 2.24) is 5.32 Å². The molecule has 1 fully saturated rings. The number of hydrogen-bond acceptors (Lipinski definition) is 3. The van der Waals surface area contributed by atoms with Gasteiger partial charge in [0.1, 0.15) is 5.75 Å². The summed E-state index contributed by atoms with van der Waals surface area (Å²) in [5, 5.41) is 18.8. The number of phenols is 1. The highest BCUT2D eigenvalue weighted by molar-refractivity contribution is 5.97. The Kier molecular flexibility index (Phi) is 3.56. The first-order valence-corrected chi connectivity index (χ1v) is 7.00. The first kappa shape index (κ1) is 12.3. The normalized spacial score (nSPS) is 19.5. The molecule has 0 saturated carbocycles. The van der Waals surface area contributed by atoms with Gasteiger partial charge in [0, 0.05) is 23.0 Å². The number of rotatable bonds is 3. The molecule has 3 nitrogen and oxygen atoms in total. The molecule has 1 aliphatic heterocycles. The van der Waals surface area contributed by atoms with E-state index in [-0.39, 0.29) is 0 Å². The third-order valence-corrected chi connectivity index (χ3v) is 3.88. The second kappa shape index (κ2) is 5.49. The van der Waals surface area contributed by atoms with Crippen LogP contribution in [0, 0.1) is 5.92 Å². The third-order valence-electron chi connectivity index (χ3n) is 3.88. The van der Waals surface area contributed by atoms with Crippen molar-refractivity contribution in [3.8, 4) is 5.75 Å². The van der Waals surface area contributed by atoms with Crippen molar-refractivity contribution in [2.24, 2.45) is 5.92 Å². The van der Waals surface area contributed by atoms with Gasteiger partial charge in [-0.3, -0.25) is 0 Å². The minimum atomic E-state index is 0.348. The van der Waals surface area contributed by atoms with E-state index in [1.165, 1.54) is 12.8 Å². The van der Waals surface area contributed by atoms with E-state index >= 15 is 0 Å². The van der Waals surface area contributed by atoms with E-state index in [0.717, 1.165) is 36.1 Å². The number of hydrogen-bond donors (Lipinski definition) is 3. The first-order valence-electron chi connectivity index (χ1n) is 7.00. The molecule has 19 heavy (non-hydrogen) atoms. The second-order valence-electron chi connectivity index (χ2n) is 5.27. The maximum Gasteiger partial charge on any atom is 0.123 e. The second-order valence-corrected chi connectivity index (χ2v) is 5.27. The summed E-state index contributed by atoms with van der Waals surface area (Å²) in [6, 6.07) is 11.7. The lowest BCUT2D eigenvalue weighted by Gasteiger charge is -2.23. The Balaban J connectivity index is 1.79. The highest BCUT2D eigenvalue weighted by Gasteiger charge is 2.13. The molecule has 1 unspecified atom stereocenters. The molecule has 1 heterocycles. The number of benzene rings is 2. The van der Waals surface area contributed by atoms with Gasteiger partial charge in [0.25, 0.3) is 0 Å². The molecule has 3 heteroatoms. The van der Waals surface area contributed by atoms with Crippen LogP contribution in [0.2, 0.25) is 0 Å². The van der Waals surface area contributed by atoms with Gasteiger partial charge in [0.15, 0.2) is 0 Å². The molecule has 2 aromatic rings. The van der Waals surface area contributed by atoms with E-state index < -0.39 is 0 Å². The lowest BCUT2D eigenvalue weighted by Crippen LogP contribution is -2.33. The van der Waals surface area contributed by atoms with E-state index in [1.807, 2.05) is 18.2 Å². The van der Waals surface area contributed by atoms with Crippen LogP contribution in [0.4, 0.5) is 5.69 Å². The van der Waals surface area contributed by atoms with Gasteiger partial charge in [-0.2, -0.15) is 0 Å². The molecule has 0 amide bonds. The summed E-state index contributed by atoms with van der Waals surface area (Å²) in [5.41, 5.74) is 1.11. The number of nitrogens with one attached hydrogen (secondary N) is 2. The fourth-order valence-corrected chi connectivity index (χ4v) is 2.80. The summed E-state index contributed by atoms with van der Waals surface area (Å²) < 4.78 is 0. The van der Waals surface area contributed by atoms with Crippen LogP contribution in [0.15, 0.2) is 36.4 Å². The van der Waals surface area contributed by atoms with Gasteiger partial charge in [-0.1, -0.05) is 24.3 Å². The molecular formula is C16H20N2O. The lowest BCUT2D eigenvalue weighted by atomic mass is 9.99. The van der Waals surface area contributed by atoms with Crippen LogP contribution in [0.25, 0.3) is 10.8 Å². The Labute approximate surface area is 113 Å². The topological polar surface area (TPSA) is 44.3 Å². The average molecular weight is 256 g/mol. The van der Waals surface area contributed by atoms with Gasteiger partial charge in [-0.15, -0.1) is 0 Å². The summed E-state index contributed by atoms with van der Waals surface area (Å²) in [6.07, 6.45) is 2.55. The summed E-state index contributed by atoms with van der Waals surface area (Å²) in [5.74, 6) is 1.04. The monoisotopic (exact) mass is 256 g/mol. The van der Waals surface area contributed by atoms with Crippen molar-refractivity contribution in [1.29, 1.82) is 0 Å². The van der Waals surface area contributed by atoms with E-state index in [9.17, 15) is 5.11 Å². The van der Waals surface area contributed by atoms with Crippen LogP contribution < -0.4 is 10.6 Å². The average Bonchev–Trinajstić information content (AvgIpc) is 2.47. The first-order chi connectivity index (χ1) is 9.34. The molecule has 0 aliphatic carbocycles. The molecule has 0 radical (unpaired) electrons. The van der Waals surface area contributed by atoms with Crippen molar-refractivity contribution >= 4 is 16.5 Å². The predicted molar refractivity (Wildman–Crippen MR) is 79.7 cm³/mol. The Bertz CT molecular complexity index is 562. The van der Waals surface area contributed by atoms with Crippen molar-refractivity contribution < 1.29 is 5.11 Å². The van der Waals surface area contributed by atoms with Crippen LogP contribution in [-0.2, 0) is 0 Å². The molecule has 0 bridgehead atoms. The molecule has 3 rings (SSSR count). The van der Waals surface area contributed by atoms with Gasteiger partial charge in [0.05, 0.1) is 0 Å². The molecule has 2 aromatic carbocycles. The fraction of sp³-hybridized carbons (Fsp3) is 0.375. The van der Waals surface area contributed by atoms with Gasteiger partial charge in [-0.25, -0.2) is 0 Å². The van der Waals surface area contributed by atoms with Crippen molar-refractivity contribution in [3.63, 3.8) is 0 Å². The number of phenolic OH excluding ortho intramolecular Hbond substituents is 1. The van der Waals surface area contributed by atoms with Crippen molar-refractivity contribution in [3.05, 3.63) is 36.4 Å². The zero-order valence-electron chi connectivity index (χ0n) is 11.0. The van der Waals surface area contributed by atoms with Crippen molar-refractivity contribution in [2.45, 2.75) is 12.8 Å². The molecule has 1 aliphatic rings.